The molecule has 18 heavy (non-hydrogen) atoms. The first kappa shape index (κ1) is 12.8. The van der Waals surface area contributed by atoms with E-state index in [0.717, 1.165) is 11.3 Å². The quantitative estimate of drug-likeness (QED) is 0.841. The second-order valence-corrected chi connectivity index (χ2v) is 5.12. The molecule has 1 saturated heterocycles. The van der Waals surface area contributed by atoms with Crippen LogP contribution in [0.5, 0.6) is 0 Å². The maximum absolute atomic E-state index is 13.4. The Morgan fingerprint density at radius 1 is 1.50 bits per heavy atom. The van der Waals surface area contributed by atoms with E-state index in [9.17, 15) is 9.18 Å². The zero-order valence-electron chi connectivity index (χ0n) is 10.4. The minimum Gasteiger partial charge on any atom is -0.370 e. The van der Waals surface area contributed by atoms with E-state index in [0.29, 0.717) is 26.1 Å². The normalized spacial score (nSPS) is 23.4. The van der Waals surface area contributed by atoms with Gasteiger partial charge in [-0.25, -0.2) is 4.39 Å². The summed E-state index contributed by atoms with van der Waals surface area (Å²) in [6.45, 7) is 3.37. The van der Waals surface area contributed by atoms with E-state index in [1.807, 2.05) is 17.9 Å². The highest BCUT2D eigenvalue weighted by Crippen LogP contribution is 2.33. The number of anilines is 1. The summed E-state index contributed by atoms with van der Waals surface area (Å²) in [6, 6.07) is 4.74. The second-order valence-electron chi connectivity index (χ2n) is 5.12. The van der Waals surface area contributed by atoms with E-state index in [1.54, 1.807) is 0 Å². The van der Waals surface area contributed by atoms with Gasteiger partial charge in [0.2, 0.25) is 5.91 Å². The van der Waals surface area contributed by atoms with E-state index < -0.39 is 5.41 Å². The van der Waals surface area contributed by atoms with Crippen molar-refractivity contribution >= 4 is 11.6 Å². The van der Waals surface area contributed by atoms with Gasteiger partial charge in [-0.3, -0.25) is 4.79 Å². The molecule has 0 spiro atoms. The van der Waals surface area contributed by atoms with Crippen LogP contribution < -0.4 is 16.4 Å². The van der Waals surface area contributed by atoms with Crippen LogP contribution in [-0.4, -0.2) is 19.0 Å². The zero-order valence-corrected chi connectivity index (χ0v) is 10.4. The summed E-state index contributed by atoms with van der Waals surface area (Å²) in [5.74, 6) is -0.610. The van der Waals surface area contributed by atoms with Crippen LogP contribution >= 0.6 is 0 Å². The Morgan fingerprint density at radius 2 is 2.22 bits per heavy atom. The van der Waals surface area contributed by atoms with Gasteiger partial charge in [-0.05, 0) is 37.1 Å². The Bertz CT molecular complexity index is 477. The number of benzene rings is 1. The van der Waals surface area contributed by atoms with Gasteiger partial charge in [-0.1, -0.05) is 0 Å². The Balaban J connectivity index is 2.24. The molecule has 98 valence electrons. The van der Waals surface area contributed by atoms with Crippen molar-refractivity contribution in [1.82, 2.24) is 0 Å². The summed E-state index contributed by atoms with van der Waals surface area (Å²) < 4.78 is 13.4. The Hall–Kier alpha value is -1.62. The third-order valence-corrected chi connectivity index (χ3v) is 3.61. The number of carbonyl (C=O) groups is 1. The minimum atomic E-state index is -0.533. The van der Waals surface area contributed by atoms with Crippen LogP contribution in [0.25, 0.3) is 0 Å². The van der Waals surface area contributed by atoms with E-state index in [1.165, 1.54) is 12.1 Å². The summed E-state index contributed by atoms with van der Waals surface area (Å²) in [4.78, 5) is 13.4. The maximum atomic E-state index is 13.4. The summed E-state index contributed by atoms with van der Waals surface area (Å²) >= 11 is 0. The molecule has 5 heteroatoms. The van der Waals surface area contributed by atoms with E-state index in [2.05, 4.69) is 0 Å². The molecule has 4 nitrogen and oxygen atoms in total. The van der Waals surface area contributed by atoms with E-state index in [4.69, 9.17) is 11.5 Å². The zero-order chi connectivity index (χ0) is 13.3. The van der Waals surface area contributed by atoms with Crippen LogP contribution in [-0.2, 0) is 11.3 Å². The molecule has 0 bridgehead atoms. The molecule has 1 aromatic carbocycles. The highest BCUT2D eigenvalue weighted by atomic mass is 19.1. The number of halogens is 1. The largest absolute Gasteiger partial charge is 0.370 e. The Labute approximate surface area is 106 Å². The number of primary amides is 1. The summed E-state index contributed by atoms with van der Waals surface area (Å²) in [7, 11) is 0. The molecule has 0 aromatic heterocycles. The Morgan fingerprint density at radius 3 is 2.78 bits per heavy atom. The highest BCUT2D eigenvalue weighted by molar-refractivity contribution is 5.82. The number of rotatable bonds is 3. The van der Waals surface area contributed by atoms with Crippen molar-refractivity contribution in [2.24, 2.45) is 16.9 Å². The third kappa shape index (κ3) is 2.31. The van der Waals surface area contributed by atoms with Gasteiger partial charge in [0, 0.05) is 25.3 Å². The van der Waals surface area contributed by atoms with Gasteiger partial charge in [0.05, 0.1) is 5.41 Å². The lowest BCUT2D eigenvalue weighted by atomic mass is 9.89. The second kappa shape index (κ2) is 4.57. The van der Waals surface area contributed by atoms with Crippen molar-refractivity contribution in [3.05, 3.63) is 29.6 Å². The highest BCUT2D eigenvalue weighted by Gasteiger charge is 2.39. The topological polar surface area (TPSA) is 72.4 Å². The molecule has 1 aromatic rings. The van der Waals surface area contributed by atoms with Gasteiger partial charge in [-0.15, -0.1) is 0 Å². The molecule has 1 aliphatic rings. The van der Waals surface area contributed by atoms with Gasteiger partial charge in [0.15, 0.2) is 0 Å². The molecule has 1 atom stereocenters. The maximum Gasteiger partial charge on any atom is 0.225 e. The van der Waals surface area contributed by atoms with Crippen molar-refractivity contribution in [2.45, 2.75) is 19.9 Å². The average Bonchev–Trinajstić information content (AvgIpc) is 2.72. The van der Waals surface area contributed by atoms with Crippen molar-refractivity contribution in [3.63, 3.8) is 0 Å². The lowest BCUT2D eigenvalue weighted by Gasteiger charge is -2.23. The van der Waals surface area contributed by atoms with Crippen molar-refractivity contribution in [2.75, 3.05) is 18.0 Å². The fourth-order valence-electron chi connectivity index (χ4n) is 2.32. The smallest absolute Gasteiger partial charge is 0.225 e. The molecule has 2 rings (SSSR count). The van der Waals surface area contributed by atoms with Crippen LogP contribution in [0.4, 0.5) is 10.1 Å². The lowest BCUT2D eigenvalue weighted by molar-refractivity contribution is -0.125. The monoisotopic (exact) mass is 251 g/mol. The minimum absolute atomic E-state index is 0.297. The van der Waals surface area contributed by atoms with Crippen molar-refractivity contribution < 1.29 is 9.18 Å². The molecule has 1 unspecified atom stereocenters. The average molecular weight is 251 g/mol. The molecule has 1 aliphatic heterocycles. The summed E-state index contributed by atoms with van der Waals surface area (Å²) in [5.41, 5.74) is 11.9. The van der Waals surface area contributed by atoms with E-state index >= 15 is 0 Å². The Kier molecular flexibility index (Phi) is 3.26. The van der Waals surface area contributed by atoms with Gasteiger partial charge in [0.25, 0.3) is 0 Å². The molecule has 4 N–H and O–H groups in total. The van der Waals surface area contributed by atoms with Gasteiger partial charge >= 0.3 is 0 Å². The predicted molar refractivity (Wildman–Crippen MR) is 68.4 cm³/mol. The number of hydrogen-bond donors (Lipinski definition) is 2. The SMILES string of the molecule is CC1(C(N)=O)CCN(c2cc(F)cc(CN)c2)C1. The summed E-state index contributed by atoms with van der Waals surface area (Å²) in [5, 5.41) is 0. The van der Waals surface area contributed by atoms with Crippen LogP contribution in [0.3, 0.4) is 0 Å². The third-order valence-electron chi connectivity index (χ3n) is 3.61. The van der Waals surface area contributed by atoms with E-state index in [-0.39, 0.29) is 11.7 Å². The van der Waals surface area contributed by atoms with Crippen LogP contribution in [0, 0.1) is 11.2 Å². The molecular formula is C13H18FN3O. The molecule has 0 radical (unpaired) electrons. The first-order valence-corrected chi connectivity index (χ1v) is 5.99. The predicted octanol–water partition coefficient (Wildman–Crippen LogP) is 0.986. The lowest BCUT2D eigenvalue weighted by Crippen LogP contribution is -2.37. The number of amides is 1. The molecule has 1 heterocycles. The van der Waals surface area contributed by atoms with Gasteiger partial charge in [0.1, 0.15) is 5.82 Å². The molecule has 0 saturated carbocycles. The van der Waals surface area contributed by atoms with Crippen molar-refractivity contribution in [1.29, 1.82) is 0 Å². The fraction of sp³-hybridized carbons (Fsp3) is 0.462. The molecule has 1 fully saturated rings. The van der Waals surface area contributed by atoms with Crippen LogP contribution in [0.2, 0.25) is 0 Å². The standard InChI is InChI=1S/C13H18FN3O/c1-13(12(16)18)2-3-17(8-13)11-5-9(7-15)4-10(14)6-11/h4-6H,2-3,7-8,15H2,1H3,(H2,16,18). The number of carbonyl (C=O) groups excluding carboxylic acids is 1. The fourth-order valence-corrected chi connectivity index (χ4v) is 2.32. The molecule has 0 aliphatic carbocycles. The van der Waals surface area contributed by atoms with Gasteiger partial charge in [-0.2, -0.15) is 0 Å². The molecule has 1 amide bonds. The number of hydrogen-bond acceptors (Lipinski definition) is 3. The van der Waals surface area contributed by atoms with Crippen LogP contribution in [0.1, 0.15) is 18.9 Å². The van der Waals surface area contributed by atoms with Gasteiger partial charge < -0.3 is 16.4 Å². The number of nitrogens with two attached hydrogens (primary N) is 2. The van der Waals surface area contributed by atoms with Crippen LogP contribution in [0.15, 0.2) is 18.2 Å². The first-order chi connectivity index (χ1) is 8.44. The van der Waals surface area contributed by atoms with Crippen molar-refractivity contribution in [3.8, 4) is 0 Å². The summed E-state index contributed by atoms with van der Waals surface area (Å²) in [6.07, 6.45) is 0.691. The molecular weight excluding hydrogens is 233 g/mol. The first-order valence-electron chi connectivity index (χ1n) is 5.99. The number of nitrogens with zero attached hydrogens (tertiary/aromatic N) is 1.